The third-order valence-corrected chi connectivity index (χ3v) is 4.08. The van der Waals surface area contributed by atoms with Crippen LogP contribution in [0.25, 0.3) is 16.9 Å². The molecule has 0 unspecified atom stereocenters. The molecule has 0 saturated heterocycles. The van der Waals surface area contributed by atoms with Crippen LogP contribution in [-0.2, 0) is 6.54 Å². The van der Waals surface area contributed by atoms with Crippen LogP contribution in [0.15, 0.2) is 59.6 Å². The summed E-state index contributed by atoms with van der Waals surface area (Å²) < 4.78 is 6.72. The van der Waals surface area contributed by atoms with Crippen molar-refractivity contribution >= 4 is 5.91 Å². The van der Waals surface area contributed by atoms with Gasteiger partial charge in [0.15, 0.2) is 5.76 Å². The maximum absolute atomic E-state index is 12.8. The average Bonchev–Trinajstić information content (AvgIpc) is 3.41. The van der Waals surface area contributed by atoms with Gasteiger partial charge in [-0.3, -0.25) is 9.78 Å². The van der Waals surface area contributed by atoms with E-state index in [4.69, 9.17) is 4.52 Å². The molecular weight excluding hydrogens is 362 g/mol. The zero-order valence-electron chi connectivity index (χ0n) is 14.8. The van der Waals surface area contributed by atoms with Crippen LogP contribution in [0.5, 0.6) is 5.75 Å². The largest absolute Gasteiger partial charge is 0.507 e. The Morgan fingerprint density at radius 2 is 2.18 bits per heavy atom. The summed E-state index contributed by atoms with van der Waals surface area (Å²) in [4.78, 5) is 18.3. The number of benzene rings is 1. The second kappa shape index (κ2) is 7.27. The third-order valence-electron chi connectivity index (χ3n) is 4.08. The smallest absolute Gasteiger partial charge is 0.257 e. The van der Waals surface area contributed by atoms with E-state index in [1.807, 2.05) is 6.07 Å². The van der Waals surface area contributed by atoms with E-state index >= 15 is 0 Å². The highest BCUT2D eigenvalue weighted by Gasteiger charge is 2.19. The number of phenols is 1. The molecule has 3 aromatic heterocycles. The first-order valence-corrected chi connectivity index (χ1v) is 8.29. The second-order valence-corrected chi connectivity index (χ2v) is 6.04. The Hall–Kier alpha value is -4.08. The van der Waals surface area contributed by atoms with E-state index in [1.165, 1.54) is 28.0 Å². The average molecular weight is 377 g/mol. The van der Waals surface area contributed by atoms with Gasteiger partial charge in [0.05, 0.1) is 17.8 Å². The zero-order chi connectivity index (χ0) is 19.5. The summed E-state index contributed by atoms with van der Waals surface area (Å²) >= 11 is 0. The van der Waals surface area contributed by atoms with E-state index in [0.717, 1.165) is 5.56 Å². The molecule has 140 valence electrons. The van der Waals surface area contributed by atoms with Crippen LogP contribution in [0.1, 0.15) is 16.1 Å². The lowest BCUT2D eigenvalue weighted by molar-refractivity contribution is 0.0769. The molecule has 0 spiro atoms. The molecular formula is C18H15N7O3. The Labute approximate surface area is 159 Å². The fraction of sp³-hybridized carbons (Fsp3) is 0.111. The minimum absolute atomic E-state index is 0.127. The molecule has 0 aliphatic heterocycles. The number of aromatic hydroxyl groups is 1. The molecule has 0 radical (unpaired) electrons. The van der Waals surface area contributed by atoms with Crippen molar-refractivity contribution < 1.29 is 14.4 Å². The van der Waals surface area contributed by atoms with Crippen molar-refractivity contribution in [2.75, 3.05) is 7.05 Å². The molecule has 28 heavy (non-hydrogen) atoms. The molecule has 0 aliphatic rings. The fourth-order valence-electron chi connectivity index (χ4n) is 2.67. The molecule has 4 rings (SSSR count). The Morgan fingerprint density at radius 1 is 1.29 bits per heavy atom. The summed E-state index contributed by atoms with van der Waals surface area (Å²) in [7, 11) is 1.61. The number of carbonyl (C=O) groups is 1. The van der Waals surface area contributed by atoms with Gasteiger partial charge in [-0.1, -0.05) is 5.16 Å². The Kier molecular flexibility index (Phi) is 4.50. The summed E-state index contributed by atoms with van der Waals surface area (Å²) in [6.45, 7) is 0.181. The number of pyridine rings is 1. The van der Waals surface area contributed by atoms with Gasteiger partial charge in [0.1, 0.15) is 17.8 Å². The molecule has 3 heterocycles. The fourth-order valence-corrected chi connectivity index (χ4v) is 2.67. The third kappa shape index (κ3) is 3.43. The number of hydrogen-bond donors (Lipinski definition) is 1. The summed E-state index contributed by atoms with van der Waals surface area (Å²) in [5.41, 5.74) is 2.13. The lowest BCUT2D eigenvalue weighted by atomic mass is 10.1. The summed E-state index contributed by atoms with van der Waals surface area (Å²) in [6.07, 6.45) is 4.75. The first-order valence-electron chi connectivity index (χ1n) is 8.29. The monoisotopic (exact) mass is 377 g/mol. The van der Waals surface area contributed by atoms with Gasteiger partial charge in [-0.2, -0.15) is 0 Å². The van der Waals surface area contributed by atoms with Crippen LogP contribution >= 0.6 is 0 Å². The highest BCUT2D eigenvalue weighted by Crippen LogP contribution is 2.23. The van der Waals surface area contributed by atoms with Crippen molar-refractivity contribution in [2.24, 2.45) is 0 Å². The molecule has 0 fully saturated rings. The number of hydrogen-bond acceptors (Lipinski definition) is 8. The Morgan fingerprint density at radius 3 is 2.93 bits per heavy atom. The van der Waals surface area contributed by atoms with Gasteiger partial charge in [-0.15, -0.1) is 5.10 Å². The Bertz CT molecular complexity index is 1090. The van der Waals surface area contributed by atoms with Crippen LogP contribution < -0.4 is 0 Å². The SMILES string of the molecule is CN(Cc1cc(-c2cccnc2)no1)C(=O)c1cc(-n2cnnn2)ccc1O. The first kappa shape index (κ1) is 17.3. The molecule has 1 N–H and O–H groups in total. The number of phenolic OH excluding ortho intramolecular Hbond substituents is 1. The van der Waals surface area contributed by atoms with Gasteiger partial charge in [0.25, 0.3) is 5.91 Å². The number of amides is 1. The highest BCUT2D eigenvalue weighted by molar-refractivity contribution is 5.97. The van der Waals surface area contributed by atoms with Crippen LogP contribution in [0, 0.1) is 0 Å². The number of nitrogens with zero attached hydrogens (tertiary/aromatic N) is 7. The van der Waals surface area contributed by atoms with E-state index in [1.54, 1.807) is 37.6 Å². The molecule has 0 saturated carbocycles. The topological polar surface area (TPSA) is 123 Å². The lowest BCUT2D eigenvalue weighted by Crippen LogP contribution is -2.26. The lowest BCUT2D eigenvalue weighted by Gasteiger charge is -2.16. The number of carbonyl (C=O) groups excluding carboxylic acids is 1. The van der Waals surface area contributed by atoms with E-state index in [9.17, 15) is 9.90 Å². The molecule has 1 aromatic carbocycles. The van der Waals surface area contributed by atoms with Crippen LogP contribution in [0.2, 0.25) is 0 Å². The zero-order valence-corrected chi connectivity index (χ0v) is 14.8. The molecule has 1 amide bonds. The molecule has 0 aliphatic carbocycles. The van der Waals surface area contributed by atoms with E-state index in [0.29, 0.717) is 17.1 Å². The van der Waals surface area contributed by atoms with Crippen LogP contribution in [0.4, 0.5) is 0 Å². The van der Waals surface area contributed by atoms with Crippen molar-refractivity contribution in [1.82, 2.24) is 35.2 Å². The second-order valence-electron chi connectivity index (χ2n) is 6.04. The van der Waals surface area contributed by atoms with Gasteiger partial charge in [0, 0.05) is 31.1 Å². The molecule has 0 atom stereocenters. The van der Waals surface area contributed by atoms with E-state index in [2.05, 4.69) is 25.7 Å². The number of rotatable bonds is 5. The van der Waals surface area contributed by atoms with Crippen molar-refractivity contribution in [1.29, 1.82) is 0 Å². The maximum atomic E-state index is 12.8. The van der Waals surface area contributed by atoms with Crippen molar-refractivity contribution in [2.45, 2.75) is 6.54 Å². The minimum atomic E-state index is -0.383. The van der Waals surface area contributed by atoms with Gasteiger partial charge < -0.3 is 14.5 Å². The molecule has 0 bridgehead atoms. The van der Waals surface area contributed by atoms with Crippen molar-refractivity contribution in [3.63, 3.8) is 0 Å². The highest BCUT2D eigenvalue weighted by atomic mass is 16.5. The first-order chi connectivity index (χ1) is 13.6. The quantitative estimate of drug-likeness (QED) is 0.557. The maximum Gasteiger partial charge on any atom is 0.257 e. The van der Waals surface area contributed by atoms with Crippen LogP contribution in [-0.4, -0.2) is 53.3 Å². The standard InChI is InChI=1S/C18H15N7O3/c1-24(10-14-8-16(21-28-14)12-3-2-6-19-9-12)18(27)15-7-13(4-5-17(15)26)25-11-20-22-23-25/h2-9,11,26H,10H2,1H3. The van der Waals surface area contributed by atoms with Gasteiger partial charge >= 0.3 is 0 Å². The van der Waals surface area contributed by atoms with E-state index in [-0.39, 0.29) is 23.8 Å². The summed E-state index contributed by atoms with van der Waals surface area (Å²) in [5.74, 6) is -0.0140. The number of aromatic nitrogens is 6. The molecule has 10 nitrogen and oxygen atoms in total. The van der Waals surface area contributed by atoms with Crippen molar-refractivity contribution in [3.8, 4) is 22.7 Å². The van der Waals surface area contributed by atoms with Crippen LogP contribution in [0.3, 0.4) is 0 Å². The van der Waals surface area contributed by atoms with Gasteiger partial charge in [0.2, 0.25) is 0 Å². The van der Waals surface area contributed by atoms with Gasteiger partial charge in [-0.25, -0.2) is 4.68 Å². The molecule has 10 heteroatoms. The normalized spacial score (nSPS) is 10.8. The summed E-state index contributed by atoms with van der Waals surface area (Å²) in [5, 5.41) is 25.0. The van der Waals surface area contributed by atoms with E-state index < -0.39 is 0 Å². The van der Waals surface area contributed by atoms with Crippen molar-refractivity contribution in [3.05, 3.63) is 66.4 Å². The Balaban J connectivity index is 1.53. The minimum Gasteiger partial charge on any atom is -0.507 e. The van der Waals surface area contributed by atoms with Gasteiger partial charge in [-0.05, 0) is 40.8 Å². The predicted molar refractivity (Wildman–Crippen MR) is 96.4 cm³/mol. The summed E-state index contributed by atoms with van der Waals surface area (Å²) in [6, 6.07) is 9.97. The number of tetrazole rings is 1. The predicted octanol–water partition coefficient (Wildman–Crippen LogP) is 1.69. The molecule has 4 aromatic rings.